The Morgan fingerprint density at radius 2 is 2.00 bits per heavy atom. The molecule has 7 nitrogen and oxygen atoms in total. The van der Waals surface area contributed by atoms with Crippen molar-refractivity contribution in [2.45, 2.75) is 51.5 Å². The SMILES string of the molecule is CCOC(=O)c1nc(CN(CCCc2ccc(Cl)s2)C(=O)C2(c3ccc(OC)cn3)CC2)sc1C. The molecule has 4 rings (SSSR count). The number of esters is 1. The predicted molar refractivity (Wildman–Crippen MR) is 138 cm³/mol. The van der Waals surface area contributed by atoms with E-state index in [2.05, 4.69) is 9.97 Å². The van der Waals surface area contributed by atoms with Crippen LogP contribution in [0.25, 0.3) is 0 Å². The van der Waals surface area contributed by atoms with Gasteiger partial charge in [0.2, 0.25) is 5.91 Å². The first-order chi connectivity index (χ1) is 16.9. The van der Waals surface area contributed by atoms with E-state index in [9.17, 15) is 9.59 Å². The van der Waals surface area contributed by atoms with Gasteiger partial charge >= 0.3 is 5.97 Å². The van der Waals surface area contributed by atoms with E-state index in [1.165, 1.54) is 16.2 Å². The van der Waals surface area contributed by atoms with Crippen LogP contribution in [-0.2, 0) is 27.9 Å². The first-order valence-electron chi connectivity index (χ1n) is 11.5. The number of pyridine rings is 1. The van der Waals surface area contributed by atoms with Crippen molar-refractivity contribution in [3.63, 3.8) is 0 Å². The molecule has 1 aliphatic carbocycles. The van der Waals surface area contributed by atoms with Gasteiger partial charge in [0.05, 0.1) is 41.9 Å². The minimum Gasteiger partial charge on any atom is -0.495 e. The van der Waals surface area contributed by atoms with Gasteiger partial charge in [-0.05, 0) is 63.8 Å². The molecular weight excluding hydrogens is 506 g/mol. The molecule has 0 radical (unpaired) electrons. The van der Waals surface area contributed by atoms with Crippen molar-refractivity contribution in [1.29, 1.82) is 0 Å². The Kier molecular flexibility index (Phi) is 8.09. The molecule has 35 heavy (non-hydrogen) atoms. The van der Waals surface area contributed by atoms with Gasteiger partial charge in [0, 0.05) is 16.3 Å². The number of hydrogen-bond donors (Lipinski definition) is 0. The van der Waals surface area contributed by atoms with Gasteiger partial charge in [0.1, 0.15) is 10.8 Å². The average Bonchev–Trinajstić information content (AvgIpc) is 3.43. The molecule has 0 aliphatic heterocycles. The summed E-state index contributed by atoms with van der Waals surface area (Å²) in [4.78, 5) is 39.0. The minimum atomic E-state index is -0.616. The summed E-state index contributed by atoms with van der Waals surface area (Å²) < 4.78 is 11.1. The number of carbonyl (C=O) groups is 2. The van der Waals surface area contributed by atoms with Crippen molar-refractivity contribution in [1.82, 2.24) is 14.9 Å². The number of ether oxygens (including phenoxy) is 2. The van der Waals surface area contributed by atoms with E-state index in [1.807, 2.05) is 36.1 Å². The molecule has 1 aliphatic rings. The predicted octanol–water partition coefficient (Wildman–Crippen LogP) is 5.44. The van der Waals surface area contributed by atoms with Gasteiger partial charge in [-0.15, -0.1) is 22.7 Å². The molecule has 1 fully saturated rings. The average molecular weight is 534 g/mol. The fourth-order valence-electron chi connectivity index (χ4n) is 4.05. The molecule has 3 heterocycles. The third-order valence-electron chi connectivity index (χ3n) is 6.02. The van der Waals surface area contributed by atoms with Crippen LogP contribution in [-0.4, -0.2) is 47.0 Å². The number of hydrogen-bond acceptors (Lipinski definition) is 8. The number of halogens is 1. The summed E-state index contributed by atoms with van der Waals surface area (Å²) >= 11 is 9.06. The zero-order valence-corrected chi connectivity index (χ0v) is 22.4. The highest BCUT2D eigenvalue weighted by Crippen LogP contribution is 2.49. The number of aryl methyl sites for hydroxylation is 2. The van der Waals surface area contributed by atoms with Crippen molar-refractivity contribution >= 4 is 46.2 Å². The Hall–Kier alpha value is -2.49. The monoisotopic (exact) mass is 533 g/mol. The van der Waals surface area contributed by atoms with E-state index in [-0.39, 0.29) is 5.91 Å². The van der Waals surface area contributed by atoms with E-state index >= 15 is 0 Å². The van der Waals surface area contributed by atoms with Crippen LogP contribution >= 0.6 is 34.3 Å². The molecule has 0 bridgehead atoms. The maximum absolute atomic E-state index is 13.9. The number of amides is 1. The van der Waals surface area contributed by atoms with Crippen LogP contribution in [0.2, 0.25) is 4.34 Å². The molecule has 0 spiro atoms. The van der Waals surface area contributed by atoms with Crippen molar-refractivity contribution in [2.24, 2.45) is 0 Å². The highest BCUT2D eigenvalue weighted by Gasteiger charge is 2.54. The molecular formula is C25H28ClN3O4S2. The number of carbonyl (C=O) groups excluding carboxylic acids is 2. The zero-order chi connectivity index (χ0) is 25.0. The molecule has 0 N–H and O–H groups in total. The van der Waals surface area contributed by atoms with Gasteiger partial charge in [-0.25, -0.2) is 9.78 Å². The number of thiazole rings is 1. The fraction of sp³-hybridized carbons (Fsp3) is 0.440. The number of rotatable bonds is 11. The Bertz CT molecular complexity index is 1190. The summed E-state index contributed by atoms with van der Waals surface area (Å²) in [5.41, 5.74) is 0.473. The van der Waals surface area contributed by atoms with Crippen LogP contribution in [0.5, 0.6) is 5.75 Å². The molecule has 0 atom stereocenters. The third-order valence-corrected chi connectivity index (χ3v) is 8.27. The fourth-order valence-corrected chi connectivity index (χ4v) is 6.11. The summed E-state index contributed by atoms with van der Waals surface area (Å²) in [5.74, 6) is 0.277. The van der Waals surface area contributed by atoms with Crippen LogP contribution in [0.1, 0.15) is 57.1 Å². The van der Waals surface area contributed by atoms with Gasteiger partial charge < -0.3 is 14.4 Å². The maximum Gasteiger partial charge on any atom is 0.358 e. The molecule has 3 aromatic rings. The number of aromatic nitrogens is 2. The number of nitrogens with zero attached hydrogens (tertiary/aromatic N) is 3. The normalized spacial score (nSPS) is 13.9. The Morgan fingerprint density at radius 3 is 2.60 bits per heavy atom. The first kappa shape index (κ1) is 25.6. The molecule has 0 unspecified atom stereocenters. The van der Waals surface area contributed by atoms with Crippen LogP contribution in [0, 0.1) is 6.92 Å². The largest absolute Gasteiger partial charge is 0.495 e. The first-order valence-corrected chi connectivity index (χ1v) is 13.5. The van der Waals surface area contributed by atoms with Gasteiger partial charge in [-0.2, -0.15) is 0 Å². The van der Waals surface area contributed by atoms with E-state index in [1.54, 1.807) is 31.6 Å². The van der Waals surface area contributed by atoms with Gasteiger partial charge in [0.15, 0.2) is 5.69 Å². The second kappa shape index (κ2) is 11.1. The standard InChI is InChI=1S/C25H28ClN3O4S2/c1-4-33-23(30)22-16(2)34-21(28-22)15-29(13-5-6-18-8-10-20(26)35-18)24(31)25(11-12-25)19-9-7-17(32-3)14-27-19/h7-10,14H,4-6,11-13,15H2,1-3H3. The van der Waals surface area contributed by atoms with Crippen LogP contribution in [0.3, 0.4) is 0 Å². The highest BCUT2D eigenvalue weighted by molar-refractivity contribution is 7.16. The van der Waals surface area contributed by atoms with Gasteiger partial charge in [-0.3, -0.25) is 9.78 Å². The Balaban J connectivity index is 1.54. The highest BCUT2D eigenvalue weighted by atomic mass is 35.5. The summed E-state index contributed by atoms with van der Waals surface area (Å²) in [6.45, 7) is 4.82. The van der Waals surface area contributed by atoms with Gasteiger partial charge in [-0.1, -0.05) is 11.6 Å². The molecule has 1 amide bonds. The van der Waals surface area contributed by atoms with Crippen LogP contribution < -0.4 is 4.74 Å². The molecule has 186 valence electrons. The van der Waals surface area contributed by atoms with Crippen LogP contribution in [0.15, 0.2) is 30.5 Å². The summed E-state index contributed by atoms with van der Waals surface area (Å²) in [5, 5.41) is 0.719. The molecule has 0 aromatic carbocycles. The molecule has 0 saturated heterocycles. The maximum atomic E-state index is 13.9. The van der Waals surface area contributed by atoms with Gasteiger partial charge in [0.25, 0.3) is 0 Å². The molecule has 3 aromatic heterocycles. The molecule has 10 heteroatoms. The quantitative estimate of drug-likeness (QED) is 0.305. The van der Waals surface area contributed by atoms with Crippen molar-refractivity contribution in [2.75, 3.05) is 20.3 Å². The van der Waals surface area contributed by atoms with E-state index in [0.29, 0.717) is 31.1 Å². The number of methoxy groups -OCH3 is 1. The zero-order valence-electron chi connectivity index (χ0n) is 20.0. The lowest BCUT2D eigenvalue weighted by Gasteiger charge is -2.26. The second-order valence-corrected chi connectivity index (χ2v) is 11.5. The number of thiophene rings is 1. The van der Waals surface area contributed by atoms with Crippen molar-refractivity contribution < 1.29 is 19.1 Å². The summed E-state index contributed by atoms with van der Waals surface area (Å²) in [6.07, 6.45) is 4.80. The smallest absolute Gasteiger partial charge is 0.358 e. The lowest BCUT2D eigenvalue weighted by atomic mass is 9.99. The third kappa shape index (κ3) is 5.85. The van der Waals surface area contributed by atoms with Crippen molar-refractivity contribution in [3.05, 3.63) is 60.9 Å². The second-order valence-electron chi connectivity index (χ2n) is 8.43. The summed E-state index contributed by atoms with van der Waals surface area (Å²) in [7, 11) is 1.60. The Labute approximate surface area is 218 Å². The van der Waals surface area contributed by atoms with Crippen molar-refractivity contribution in [3.8, 4) is 5.75 Å². The van der Waals surface area contributed by atoms with E-state index < -0.39 is 11.4 Å². The van der Waals surface area contributed by atoms with Crippen LogP contribution in [0.4, 0.5) is 0 Å². The lowest BCUT2D eigenvalue weighted by Crippen LogP contribution is -2.40. The van der Waals surface area contributed by atoms with E-state index in [0.717, 1.165) is 45.6 Å². The summed E-state index contributed by atoms with van der Waals surface area (Å²) in [6, 6.07) is 7.64. The van der Waals surface area contributed by atoms with E-state index in [4.69, 9.17) is 21.1 Å². The lowest BCUT2D eigenvalue weighted by molar-refractivity contribution is -0.134. The minimum absolute atomic E-state index is 0.0462. The Morgan fingerprint density at radius 1 is 1.20 bits per heavy atom. The molecule has 1 saturated carbocycles. The topological polar surface area (TPSA) is 81.6 Å².